The van der Waals surface area contributed by atoms with Gasteiger partial charge in [-0.25, -0.2) is 4.79 Å². The minimum absolute atomic E-state index is 0.00984. The molecule has 1 heterocycles. The molecule has 2 amide bonds. The molecule has 0 unspecified atom stereocenters. The van der Waals surface area contributed by atoms with Crippen LogP contribution in [0.5, 0.6) is 0 Å². The molecule has 0 saturated carbocycles. The van der Waals surface area contributed by atoms with Crippen molar-refractivity contribution in [2.75, 3.05) is 16.8 Å². The summed E-state index contributed by atoms with van der Waals surface area (Å²) in [6.45, 7) is 5.56. The second-order valence-electron chi connectivity index (χ2n) is 5.09. The first-order valence-corrected chi connectivity index (χ1v) is 7.50. The number of alkyl carbamates (subject to hydrolysis) is 1. The molecule has 1 aliphatic rings. The average Bonchev–Trinajstić information content (AvgIpc) is 2.73. The summed E-state index contributed by atoms with van der Waals surface area (Å²) in [7, 11) is 0. The maximum atomic E-state index is 11.8. The maximum absolute atomic E-state index is 11.8. The predicted molar refractivity (Wildman–Crippen MR) is 89.1 cm³/mol. The predicted octanol–water partition coefficient (Wildman–Crippen LogP) is 2.43. The number of rotatable bonds is 2. The molecule has 1 aliphatic heterocycles. The summed E-state index contributed by atoms with van der Waals surface area (Å²) in [5, 5.41) is 5.49. The van der Waals surface area contributed by atoms with Gasteiger partial charge < -0.3 is 15.0 Å². The van der Waals surface area contributed by atoms with Crippen LogP contribution in [0, 0.1) is 0 Å². The van der Waals surface area contributed by atoms with Crippen molar-refractivity contribution < 1.29 is 14.3 Å². The van der Waals surface area contributed by atoms with Crippen LogP contribution >= 0.6 is 12.2 Å². The molecule has 0 spiro atoms. The van der Waals surface area contributed by atoms with Gasteiger partial charge in [-0.3, -0.25) is 10.1 Å². The Hall–Kier alpha value is -2.15. The van der Waals surface area contributed by atoms with E-state index in [1.807, 2.05) is 25.1 Å². The van der Waals surface area contributed by atoms with E-state index in [1.54, 1.807) is 18.7 Å². The monoisotopic (exact) mass is 321 g/mol. The first-order valence-electron chi connectivity index (χ1n) is 7.09. The van der Waals surface area contributed by atoms with Gasteiger partial charge in [0, 0.05) is 24.3 Å². The molecular weight excluding hydrogens is 302 g/mol. The number of carbonyl (C=O) groups is 2. The Labute approximate surface area is 134 Å². The van der Waals surface area contributed by atoms with Gasteiger partial charge in [0.25, 0.3) is 0 Å². The lowest BCUT2D eigenvalue weighted by Crippen LogP contribution is -2.35. The van der Waals surface area contributed by atoms with Gasteiger partial charge in [0.2, 0.25) is 5.91 Å². The zero-order chi connectivity index (χ0) is 16.3. The first-order chi connectivity index (χ1) is 10.4. The summed E-state index contributed by atoms with van der Waals surface area (Å²) in [5.41, 5.74) is 2.71. The molecule has 1 aromatic rings. The number of nitrogens with one attached hydrogen (secondary N) is 2. The molecule has 0 aliphatic carbocycles. The zero-order valence-corrected chi connectivity index (χ0v) is 13.6. The molecule has 2 rings (SSSR count). The van der Waals surface area contributed by atoms with Gasteiger partial charge in [-0.05, 0) is 50.2 Å². The summed E-state index contributed by atoms with van der Waals surface area (Å²) in [6, 6.07) is 5.84. The molecule has 0 fully saturated rings. The van der Waals surface area contributed by atoms with Crippen molar-refractivity contribution in [2.45, 2.75) is 33.2 Å². The van der Waals surface area contributed by atoms with Gasteiger partial charge >= 0.3 is 6.09 Å². The van der Waals surface area contributed by atoms with Gasteiger partial charge in [-0.15, -0.1) is 0 Å². The number of nitrogens with zero attached hydrogens (tertiary/aromatic N) is 1. The van der Waals surface area contributed by atoms with Gasteiger partial charge in [-0.1, -0.05) is 6.07 Å². The second kappa shape index (κ2) is 6.74. The lowest BCUT2D eigenvalue weighted by Gasteiger charge is -2.21. The van der Waals surface area contributed by atoms with E-state index in [0.717, 1.165) is 17.7 Å². The van der Waals surface area contributed by atoms with Crippen molar-refractivity contribution in [3.8, 4) is 0 Å². The van der Waals surface area contributed by atoms with Gasteiger partial charge in [0.1, 0.15) is 0 Å². The molecule has 0 radical (unpaired) electrons. The lowest BCUT2D eigenvalue weighted by molar-refractivity contribution is -0.116. The minimum atomic E-state index is -0.597. The van der Waals surface area contributed by atoms with Crippen molar-refractivity contribution >= 4 is 40.7 Å². The summed E-state index contributed by atoms with van der Waals surface area (Å²) in [5.74, 6) is 0.00984. The van der Waals surface area contributed by atoms with E-state index in [2.05, 4.69) is 10.6 Å². The molecule has 2 N–H and O–H groups in total. The van der Waals surface area contributed by atoms with Gasteiger partial charge in [-0.2, -0.15) is 0 Å². The summed E-state index contributed by atoms with van der Waals surface area (Å²) in [6.07, 6.45) is 0.237. The van der Waals surface area contributed by atoms with Crippen LogP contribution < -0.4 is 15.5 Å². The number of benzene rings is 1. The quantitative estimate of drug-likeness (QED) is 0.819. The van der Waals surface area contributed by atoms with E-state index < -0.39 is 6.09 Å². The highest BCUT2D eigenvalue weighted by Crippen LogP contribution is 2.34. The van der Waals surface area contributed by atoms with Gasteiger partial charge in [0.05, 0.1) is 6.61 Å². The van der Waals surface area contributed by atoms with E-state index >= 15 is 0 Å². The fourth-order valence-corrected chi connectivity index (χ4v) is 2.79. The van der Waals surface area contributed by atoms with E-state index in [-0.39, 0.29) is 23.7 Å². The molecule has 7 heteroatoms. The van der Waals surface area contributed by atoms with Crippen LogP contribution in [0.15, 0.2) is 18.2 Å². The van der Waals surface area contributed by atoms with Crippen molar-refractivity contribution in [3.63, 3.8) is 0 Å². The van der Waals surface area contributed by atoms with Crippen LogP contribution in [-0.2, 0) is 16.0 Å². The summed E-state index contributed by atoms with van der Waals surface area (Å²) < 4.78 is 4.76. The van der Waals surface area contributed by atoms with Gasteiger partial charge in [0.15, 0.2) is 5.11 Å². The summed E-state index contributed by atoms with van der Waals surface area (Å²) in [4.78, 5) is 24.8. The number of ether oxygens (including phenoxy) is 1. The van der Waals surface area contributed by atoms with Crippen LogP contribution in [0.25, 0.3) is 0 Å². The Kier molecular flexibility index (Phi) is 4.97. The van der Waals surface area contributed by atoms with Crippen LogP contribution in [0.1, 0.15) is 26.3 Å². The fraction of sp³-hybridized carbons (Fsp3) is 0.400. The third-order valence-electron chi connectivity index (χ3n) is 3.39. The number of thiocarbonyl (C=S) groups is 1. The second-order valence-corrected chi connectivity index (χ2v) is 5.49. The van der Waals surface area contributed by atoms with Crippen LogP contribution in [0.3, 0.4) is 0 Å². The number of fused-ring (bicyclic) bond motifs is 1. The summed E-state index contributed by atoms with van der Waals surface area (Å²) >= 11 is 5.06. The van der Waals surface area contributed by atoms with Crippen molar-refractivity contribution in [1.82, 2.24) is 5.32 Å². The zero-order valence-electron chi connectivity index (χ0n) is 12.8. The Balaban J connectivity index is 2.10. The van der Waals surface area contributed by atoms with E-state index in [0.29, 0.717) is 5.69 Å². The number of anilines is 2. The molecular formula is C15H19N3O3S. The third kappa shape index (κ3) is 3.54. The average molecular weight is 321 g/mol. The van der Waals surface area contributed by atoms with Crippen LogP contribution in [0.2, 0.25) is 0 Å². The van der Waals surface area contributed by atoms with E-state index in [4.69, 9.17) is 17.0 Å². The molecule has 0 saturated heterocycles. The highest BCUT2D eigenvalue weighted by Gasteiger charge is 2.28. The Bertz CT molecular complexity index is 618. The Morgan fingerprint density at radius 2 is 2.18 bits per heavy atom. The Morgan fingerprint density at radius 1 is 1.45 bits per heavy atom. The fourth-order valence-electron chi connectivity index (χ4n) is 2.59. The highest BCUT2D eigenvalue weighted by atomic mass is 32.1. The highest BCUT2D eigenvalue weighted by molar-refractivity contribution is 7.80. The topological polar surface area (TPSA) is 70.7 Å². The van der Waals surface area contributed by atoms with Crippen molar-refractivity contribution in [1.29, 1.82) is 0 Å². The van der Waals surface area contributed by atoms with Crippen LogP contribution in [0.4, 0.5) is 16.2 Å². The molecule has 22 heavy (non-hydrogen) atoms. The minimum Gasteiger partial charge on any atom is -0.450 e. The Morgan fingerprint density at radius 3 is 2.82 bits per heavy atom. The van der Waals surface area contributed by atoms with Crippen molar-refractivity contribution in [2.24, 2.45) is 0 Å². The molecule has 1 atom stereocenters. The molecule has 6 nitrogen and oxygen atoms in total. The first kappa shape index (κ1) is 16.2. The van der Waals surface area contributed by atoms with Crippen molar-refractivity contribution in [3.05, 3.63) is 23.8 Å². The number of amides is 2. The maximum Gasteiger partial charge on any atom is 0.413 e. The molecule has 0 aromatic heterocycles. The number of hydrogen-bond donors (Lipinski definition) is 2. The standard InChI is InChI=1S/C15H19N3O3S/c1-4-21-15(20)17-14(22)16-12-6-5-11-7-9(2)18(10(3)19)13(11)8-12/h5-6,8-9H,4,7H2,1-3H3,(H2,16,17,20,22)/t9-/m1/s1. The smallest absolute Gasteiger partial charge is 0.413 e. The van der Waals surface area contributed by atoms with Crippen LogP contribution in [-0.4, -0.2) is 29.8 Å². The lowest BCUT2D eigenvalue weighted by atomic mass is 10.1. The largest absolute Gasteiger partial charge is 0.450 e. The number of hydrogen-bond acceptors (Lipinski definition) is 4. The third-order valence-corrected chi connectivity index (χ3v) is 3.59. The normalized spacial score (nSPS) is 16.0. The van der Waals surface area contributed by atoms with E-state index in [1.165, 1.54) is 0 Å². The molecule has 1 aromatic carbocycles. The SMILES string of the molecule is CCOC(=O)NC(=S)Nc1ccc2c(c1)N(C(C)=O)[C@H](C)C2. The number of carbonyl (C=O) groups excluding carboxylic acids is 2. The molecule has 0 bridgehead atoms. The van der Waals surface area contributed by atoms with E-state index in [9.17, 15) is 9.59 Å². The molecule has 118 valence electrons.